The summed E-state index contributed by atoms with van der Waals surface area (Å²) in [7, 11) is 0. The third-order valence-electron chi connectivity index (χ3n) is 3.34. The smallest absolute Gasteiger partial charge is 0.186 e. The number of aliphatic hydroxyl groups is 1. The maximum Gasteiger partial charge on any atom is 0.186 e. The number of aliphatic hydroxyl groups excluding tert-OH is 1. The van der Waals surface area contributed by atoms with Gasteiger partial charge >= 0.3 is 0 Å². The number of thiophene rings is 1. The summed E-state index contributed by atoms with van der Waals surface area (Å²) in [5, 5.41) is 10.8. The average Bonchev–Trinajstić information content (AvgIpc) is 2.76. The molecule has 0 aromatic carbocycles. The highest BCUT2D eigenvalue weighted by atomic mass is 32.1. The predicted molar refractivity (Wildman–Crippen MR) is 69.6 cm³/mol. The van der Waals surface area contributed by atoms with Crippen molar-refractivity contribution >= 4 is 17.1 Å². The van der Waals surface area contributed by atoms with Crippen LogP contribution in [0, 0.1) is 0 Å². The maximum absolute atomic E-state index is 12.0. The van der Waals surface area contributed by atoms with Crippen LogP contribution in [0.25, 0.3) is 0 Å². The summed E-state index contributed by atoms with van der Waals surface area (Å²) in [5.41, 5.74) is 0. The molecule has 0 spiro atoms. The Morgan fingerprint density at radius 3 is 2.88 bits per heavy atom. The van der Waals surface area contributed by atoms with E-state index in [0.29, 0.717) is 12.6 Å². The zero-order valence-electron chi connectivity index (χ0n) is 9.97. The molecule has 1 heterocycles. The monoisotopic (exact) mass is 253 g/mol. The summed E-state index contributed by atoms with van der Waals surface area (Å²) in [6, 6.07) is 4.36. The Morgan fingerprint density at radius 2 is 2.35 bits per heavy atom. The third kappa shape index (κ3) is 3.37. The van der Waals surface area contributed by atoms with Crippen molar-refractivity contribution in [3.05, 3.63) is 22.4 Å². The number of rotatable bonds is 7. The van der Waals surface area contributed by atoms with Gasteiger partial charge in [-0.25, -0.2) is 0 Å². The van der Waals surface area contributed by atoms with E-state index in [1.54, 1.807) is 0 Å². The van der Waals surface area contributed by atoms with Crippen LogP contribution in [0.1, 0.15) is 35.4 Å². The van der Waals surface area contributed by atoms with E-state index in [-0.39, 0.29) is 12.4 Å². The molecule has 1 saturated carbocycles. The quantitative estimate of drug-likeness (QED) is 0.757. The number of hydrogen-bond donors (Lipinski definition) is 1. The van der Waals surface area contributed by atoms with Crippen molar-refractivity contribution in [2.75, 3.05) is 19.7 Å². The minimum absolute atomic E-state index is 0.205. The van der Waals surface area contributed by atoms with Crippen molar-refractivity contribution in [2.45, 2.75) is 31.7 Å². The minimum atomic E-state index is 0.205. The van der Waals surface area contributed by atoms with Gasteiger partial charge in [-0.2, -0.15) is 0 Å². The predicted octanol–water partition coefficient (Wildman–Crippen LogP) is 2.17. The van der Waals surface area contributed by atoms with Crippen LogP contribution >= 0.6 is 11.3 Å². The topological polar surface area (TPSA) is 40.5 Å². The zero-order valence-corrected chi connectivity index (χ0v) is 10.8. The van der Waals surface area contributed by atoms with Crippen molar-refractivity contribution < 1.29 is 9.90 Å². The van der Waals surface area contributed by atoms with Gasteiger partial charge in [0.25, 0.3) is 0 Å². The molecule has 1 aliphatic carbocycles. The second-order valence-electron chi connectivity index (χ2n) is 4.53. The first-order chi connectivity index (χ1) is 8.31. The number of Topliss-reactive ketones (excluding diaryl/α,β-unsaturated/α-hetero) is 1. The van der Waals surface area contributed by atoms with Crippen LogP contribution in [0.4, 0.5) is 0 Å². The second kappa shape index (κ2) is 6.28. The molecule has 1 aromatic heterocycles. The summed E-state index contributed by atoms with van der Waals surface area (Å²) in [6.07, 6.45) is 4.42. The molecule has 0 radical (unpaired) electrons. The zero-order chi connectivity index (χ0) is 12.1. The fourth-order valence-corrected chi connectivity index (χ4v) is 2.77. The van der Waals surface area contributed by atoms with E-state index in [1.165, 1.54) is 30.6 Å². The Bertz CT molecular complexity index is 346. The van der Waals surface area contributed by atoms with Crippen LogP contribution in [0.3, 0.4) is 0 Å². The maximum atomic E-state index is 12.0. The molecule has 0 amide bonds. The third-order valence-corrected chi connectivity index (χ3v) is 4.25. The van der Waals surface area contributed by atoms with E-state index in [1.807, 2.05) is 17.5 Å². The van der Waals surface area contributed by atoms with Crippen molar-refractivity contribution in [3.8, 4) is 0 Å². The van der Waals surface area contributed by atoms with Crippen LogP contribution in [-0.4, -0.2) is 41.5 Å². The molecule has 94 valence electrons. The number of nitrogens with zero attached hydrogens (tertiary/aromatic N) is 1. The molecule has 17 heavy (non-hydrogen) atoms. The fraction of sp³-hybridized carbons (Fsp3) is 0.615. The molecule has 3 nitrogen and oxygen atoms in total. The summed E-state index contributed by atoms with van der Waals surface area (Å²) >= 11 is 1.51. The largest absolute Gasteiger partial charge is 0.396 e. The molecule has 0 atom stereocenters. The molecule has 4 heteroatoms. The van der Waals surface area contributed by atoms with Crippen LogP contribution in [-0.2, 0) is 0 Å². The van der Waals surface area contributed by atoms with E-state index in [9.17, 15) is 4.79 Å². The lowest BCUT2D eigenvalue weighted by Gasteiger charge is -2.37. The Balaban J connectivity index is 1.89. The molecule has 2 rings (SSSR count). The van der Waals surface area contributed by atoms with Gasteiger partial charge in [0.1, 0.15) is 0 Å². The number of carbonyl (C=O) groups excluding carboxylic acids is 1. The van der Waals surface area contributed by atoms with E-state index in [4.69, 9.17) is 5.11 Å². The molecule has 0 aliphatic heterocycles. The van der Waals surface area contributed by atoms with Gasteiger partial charge in [-0.3, -0.25) is 9.69 Å². The summed E-state index contributed by atoms with van der Waals surface area (Å²) in [6.45, 7) is 1.54. The first-order valence-corrected chi connectivity index (χ1v) is 7.11. The van der Waals surface area contributed by atoms with Crippen LogP contribution in [0.2, 0.25) is 0 Å². The molecule has 1 fully saturated rings. The summed E-state index contributed by atoms with van der Waals surface area (Å²) in [5.74, 6) is 0.213. The lowest BCUT2D eigenvalue weighted by atomic mass is 9.91. The van der Waals surface area contributed by atoms with Gasteiger partial charge in [0.2, 0.25) is 0 Å². The fourth-order valence-electron chi connectivity index (χ4n) is 2.12. The molecular formula is C13H19NO2S. The number of ketones is 1. The van der Waals surface area contributed by atoms with Gasteiger partial charge in [-0.15, -0.1) is 11.3 Å². The summed E-state index contributed by atoms with van der Waals surface area (Å²) in [4.78, 5) is 15.1. The molecule has 1 N–H and O–H groups in total. The van der Waals surface area contributed by atoms with Gasteiger partial charge in [0.15, 0.2) is 5.78 Å². The molecule has 0 saturated heterocycles. The molecule has 1 aromatic rings. The van der Waals surface area contributed by atoms with Crippen LogP contribution in [0.5, 0.6) is 0 Å². The van der Waals surface area contributed by atoms with Crippen molar-refractivity contribution in [3.63, 3.8) is 0 Å². The SMILES string of the molecule is O=C(CN(CCCO)C1CCC1)c1cccs1. The molecule has 0 bridgehead atoms. The van der Waals surface area contributed by atoms with Gasteiger partial charge in [0.05, 0.1) is 11.4 Å². The van der Waals surface area contributed by atoms with Crippen molar-refractivity contribution in [1.82, 2.24) is 4.90 Å². The lowest BCUT2D eigenvalue weighted by Crippen LogP contribution is -2.43. The Labute approximate surface area is 106 Å². The van der Waals surface area contributed by atoms with E-state index in [0.717, 1.165) is 17.8 Å². The van der Waals surface area contributed by atoms with Gasteiger partial charge in [-0.1, -0.05) is 12.5 Å². The first kappa shape index (κ1) is 12.7. The Kier molecular flexibility index (Phi) is 4.71. The van der Waals surface area contributed by atoms with E-state index in [2.05, 4.69) is 4.90 Å². The molecule has 1 aliphatic rings. The number of carbonyl (C=O) groups is 1. The van der Waals surface area contributed by atoms with Crippen molar-refractivity contribution in [1.29, 1.82) is 0 Å². The number of hydrogen-bond acceptors (Lipinski definition) is 4. The average molecular weight is 253 g/mol. The van der Waals surface area contributed by atoms with Gasteiger partial charge < -0.3 is 5.11 Å². The Morgan fingerprint density at radius 1 is 1.53 bits per heavy atom. The van der Waals surface area contributed by atoms with Crippen LogP contribution < -0.4 is 0 Å². The minimum Gasteiger partial charge on any atom is -0.396 e. The van der Waals surface area contributed by atoms with E-state index < -0.39 is 0 Å². The first-order valence-electron chi connectivity index (χ1n) is 6.23. The normalized spacial score (nSPS) is 16.1. The summed E-state index contributed by atoms with van der Waals surface area (Å²) < 4.78 is 0. The Hall–Kier alpha value is -0.710. The highest BCUT2D eigenvalue weighted by Gasteiger charge is 2.26. The highest BCUT2D eigenvalue weighted by Crippen LogP contribution is 2.25. The molecule has 0 unspecified atom stereocenters. The second-order valence-corrected chi connectivity index (χ2v) is 5.48. The van der Waals surface area contributed by atoms with Crippen molar-refractivity contribution in [2.24, 2.45) is 0 Å². The highest BCUT2D eigenvalue weighted by molar-refractivity contribution is 7.12. The van der Waals surface area contributed by atoms with Gasteiger partial charge in [0, 0.05) is 19.2 Å². The lowest BCUT2D eigenvalue weighted by molar-refractivity contribution is 0.0791. The standard InChI is InChI=1S/C13H19NO2S/c15-8-3-7-14(11-4-1-5-11)10-12(16)13-6-2-9-17-13/h2,6,9,11,15H,1,3-5,7-8,10H2. The van der Waals surface area contributed by atoms with Crippen LogP contribution in [0.15, 0.2) is 17.5 Å². The van der Waals surface area contributed by atoms with E-state index >= 15 is 0 Å². The molecular weight excluding hydrogens is 234 g/mol. The van der Waals surface area contributed by atoms with Gasteiger partial charge in [-0.05, 0) is 30.7 Å².